The van der Waals surface area contributed by atoms with Crippen LogP contribution >= 0.6 is 35.0 Å². The Hall–Kier alpha value is -2.81. The van der Waals surface area contributed by atoms with Crippen molar-refractivity contribution in [1.29, 1.82) is 0 Å². The summed E-state index contributed by atoms with van der Waals surface area (Å²) in [5.41, 5.74) is 2.21. The van der Waals surface area contributed by atoms with Gasteiger partial charge in [-0.15, -0.1) is 16.8 Å². The van der Waals surface area contributed by atoms with Gasteiger partial charge >= 0.3 is 0 Å². The van der Waals surface area contributed by atoms with Crippen molar-refractivity contribution < 1.29 is 9.59 Å². The molecule has 2 amide bonds. The van der Waals surface area contributed by atoms with Crippen LogP contribution in [0.3, 0.4) is 0 Å². The Morgan fingerprint density at radius 3 is 2.50 bits per heavy atom. The van der Waals surface area contributed by atoms with Crippen LogP contribution in [0.1, 0.15) is 67.8 Å². The van der Waals surface area contributed by atoms with E-state index in [0.29, 0.717) is 34.5 Å². The minimum absolute atomic E-state index is 0.137. The van der Waals surface area contributed by atoms with Gasteiger partial charge in [0, 0.05) is 17.3 Å². The molecule has 0 saturated carbocycles. The number of carbonyl (C=O) groups excluding carboxylic acids is 2. The highest BCUT2D eigenvalue weighted by atomic mass is 35.5. The number of aromatic nitrogens is 3. The van der Waals surface area contributed by atoms with Gasteiger partial charge in [0.2, 0.25) is 5.91 Å². The van der Waals surface area contributed by atoms with Crippen LogP contribution in [-0.4, -0.2) is 32.3 Å². The van der Waals surface area contributed by atoms with E-state index in [1.165, 1.54) is 17.8 Å². The molecule has 0 radical (unpaired) electrons. The number of thioether (sulfide) groups is 1. The fourth-order valence-electron chi connectivity index (χ4n) is 4.01. The Bertz CT molecular complexity index is 1290. The van der Waals surface area contributed by atoms with Crippen LogP contribution in [0.5, 0.6) is 0 Å². The van der Waals surface area contributed by atoms with Gasteiger partial charge in [0.25, 0.3) is 5.91 Å². The van der Waals surface area contributed by atoms with Crippen LogP contribution in [-0.2, 0) is 11.3 Å². The number of hydrogen-bond acceptors (Lipinski definition) is 5. The second kappa shape index (κ2) is 13.8. The molecule has 0 fully saturated rings. The second-order valence-electron chi connectivity index (χ2n) is 9.60. The monoisotopic (exact) mass is 573 g/mol. The third kappa shape index (κ3) is 7.85. The normalized spacial score (nSPS) is 12.0. The van der Waals surface area contributed by atoms with E-state index in [2.05, 4.69) is 55.1 Å². The molecule has 1 heterocycles. The lowest BCUT2D eigenvalue weighted by atomic mass is 10.0. The van der Waals surface area contributed by atoms with Gasteiger partial charge in [-0.2, -0.15) is 0 Å². The molecule has 2 aromatic carbocycles. The van der Waals surface area contributed by atoms with Gasteiger partial charge in [-0.25, -0.2) is 0 Å². The Balaban J connectivity index is 1.79. The number of nitrogens with zero attached hydrogens (tertiary/aromatic N) is 3. The predicted octanol–water partition coefficient (Wildman–Crippen LogP) is 7.14. The Kier molecular flexibility index (Phi) is 10.8. The molecule has 1 atom stereocenters. The third-order valence-corrected chi connectivity index (χ3v) is 7.26. The van der Waals surface area contributed by atoms with Crippen molar-refractivity contribution in [2.75, 3.05) is 11.1 Å². The third-order valence-electron chi connectivity index (χ3n) is 5.75. The van der Waals surface area contributed by atoms with Crippen LogP contribution in [0, 0.1) is 5.92 Å². The average molecular weight is 575 g/mol. The van der Waals surface area contributed by atoms with Gasteiger partial charge in [-0.3, -0.25) is 9.59 Å². The van der Waals surface area contributed by atoms with E-state index >= 15 is 0 Å². The van der Waals surface area contributed by atoms with Gasteiger partial charge in [0.15, 0.2) is 11.0 Å². The van der Waals surface area contributed by atoms with E-state index in [0.717, 1.165) is 11.3 Å². The maximum atomic E-state index is 13.1. The number of para-hydroxylation sites is 1. The quantitative estimate of drug-likeness (QED) is 0.177. The van der Waals surface area contributed by atoms with Crippen molar-refractivity contribution >= 4 is 52.5 Å². The number of hydrogen-bond donors (Lipinski definition) is 2. The van der Waals surface area contributed by atoms with Crippen LogP contribution in [0.2, 0.25) is 10.0 Å². The molecule has 38 heavy (non-hydrogen) atoms. The lowest BCUT2D eigenvalue weighted by Crippen LogP contribution is -2.32. The van der Waals surface area contributed by atoms with Crippen molar-refractivity contribution in [3.05, 3.63) is 82.1 Å². The Labute approximate surface area is 238 Å². The lowest BCUT2D eigenvalue weighted by molar-refractivity contribution is -0.113. The number of rotatable bonds is 12. The summed E-state index contributed by atoms with van der Waals surface area (Å²) < 4.78 is 1.88. The number of anilines is 1. The van der Waals surface area contributed by atoms with Crippen molar-refractivity contribution in [2.45, 2.75) is 57.8 Å². The molecule has 202 valence electrons. The molecule has 0 spiro atoms. The van der Waals surface area contributed by atoms with Crippen LogP contribution in [0.15, 0.2) is 60.3 Å². The molecular weight excluding hydrogens is 541 g/mol. The summed E-state index contributed by atoms with van der Waals surface area (Å²) in [6.07, 6.45) is 2.36. The molecule has 7 nitrogen and oxygen atoms in total. The van der Waals surface area contributed by atoms with E-state index < -0.39 is 6.04 Å². The smallest absolute Gasteiger partial charge is 0.253 e. The topological polar surface area (TPSA) is 88.9 Å². The summed E-state index contributed by atoms with van der Waals surface area (Å²) in [6, 6.07) is 12.1. The number of carbonyl (C=O) groups is 2. The summed E-state index contributed by atoms with van der Waals surface area (Å²) in [5, 5.41) is 16.1. The number of halogens is 2. The SMILES string of the molecule is C=CCn1c(SCC(=O)Nc2ccccc2C(C)C)nnc1[C@H](CC(C)C)NC(=O)c1ccc(Cl)cc1Cl. The zero-order valence-corrected chi connectivity index (χ0v) is 24.3. The molecule has 2 N–H and O–H groups in total. The largest absolute Gasteiger partial charge is 0.342 e. The van der Waals surface area contributed by atoms with Crippen LogP contribution in [0.25, 0.3) is 0 Å². The molecule has 0 bridgehead atoms. The van der Waals surface area contributed by atoms with Gasteiger partial charge in [0.1, 0.15) is 0 Å². The van der Waals surface area contributed by atoms with E-state index in [4.69, 9.17) is 23.2 Å². The fourth-order valence-corrected chi connectivity index (χ4v) is 5.26. The zero-order valence-electron chi connectivity index (χ0n) is 22.0. The van der Waals surface area contributed by atoms with Crippen molar-refractivity contribution in [1.82, 2.24) is 20.1 Å². The maximum Gasteiger partial charge on any atom is 0.253 e. The first kappa shape index (κ1) is 29.7. The van der Waals surface area contributed by atoms with Crippen molar-refractivity contribution in [3.8, 4) is 0 Å². The van der Waals surface area contributed by atoms with Crippen molar-refractivity contribution in [2.24, 2.45) is 5.92 Å². The van der Waals surface area contributed by atoms with E-state index in [1.807, 2.05) is 28.8 Å². The van der Waals surface area contributed by atoms with E-state index in [1.54, 1.807) is 18.2 Å². The van der Waals surface area contributed by atoms with Gasteiger partial charge in [-0.1, -0.05) is 86.9 Å². The summed E-state index contributed by atoms with van der Waals surface area (Å²) in [4.78, 5) is 25.9. The molecule has 0 aliphatic rings. The molecule has 0 aliphatic carbocycles. The average Bonchev–Trinajstić information content (AvgIpc) is 3.25. The maximum absolute atomic E-state index is 13.1. The van der Waals surface area contributed by atoms with E-state index in [9.17, 15) is 9.59 Å². The molecule has 0 aliphatic heterocycles. The van der Waals surface area contributed by atoms with Gasteiger partial charge in [0.05, 0.1) is 22.4 Å². The highest BCUT2D eigenvalue weighted by Crippen LogP contribution is 2.28. The first-order valence-corrected chi connectivity index (χ1v) is 14.2. The minimum Gasteiger partial charge on any atom is -0.342 e. The zero-order chi connectivity index (χ0) is 27.8. The molecule has 10 heteroatoms. The molecule has 3 rings (SSSR count). The number of benzene rings is 2. The Morgan fingerprint density at radius 2 is 1.84 bits per heavy atom. The number of nitrogens with one attached hydrogen (secondary N) is 2. The van der Waals surface area contributed by atoms with Crippen molar-refractivity contribution in [3.63, 3.8) is 0 Å². The minimum atomic E-state index is -0.428. The second-order valence-corrected chi connectivity index (χ2v) is 11.4. The van der Waals surface area contributed by atoms with Gasteiger partial charge < -0.3 is 15.2 Å². The fraction of sp³-hybridized carbons (Fsp3) is 0.357. The lowest BCUT2D eigenvalue weighted by Gasteiger charge is -2.21. The summed E-state index contributed by atoms with van der Waals surface area (Å²) in [6.45, 7) is 12.6. The highest BCUT2D eigenvalue weighted by molar-refractivity contribution is 7.99. The molecule has 3 aromatic rings. The van der Waals surface area contributed by atoms with Crippen LogP contribution < -0.4 is 10.6 Å². The van der Waals surface area contributed by atoms with E-state index in [-0.39, 0.29) is 34.4 Å². The van der Waals surface area contributed by atoms with Crippen LogP contribution in [0.4, 0.5) is 5.69 Å². The number of allylic oxidation sites excluding steroid dienone is 1. The molecular formula is C28H33Cl2N5O2S. The van der Waals surface area contributed by atoms with Gasteiger partial charge in [-0.05, 0) is 48.1 Å². The summed E-state index contributed by atoms with van der Waals surface area (Å²) in [7, 11) is 0. The molecule has 0 saturated heterocycles. The first-order chi connectivity index (χ1) is 18.1. The highest BCUT2D eigenvalue weighted by Gasteiger charge is 2.25. The summed E-state index contributed by atoms with van der Waals surface area (Å²) in [5.74, 6) is 0.824. The Morgan fingerprint density at radius 1 is 1.11 bits per heavy atom. The first-order valence-electron chi connectivity index (χ1n) is 12.4. The molecule has 0 unspecified atom stereocenters. The predicted molar refractivity (Wildman–Crippen MR) is 156 cm³/mol. The standard InChI is InChI=1S/C28H33Cl2N5O2S/c1-6-13-35-26(24(14-17(2)3)32-27(37)21-12-11-19(29)15-22(21)30)33-34-28(35)38-16-25(36)31-23-10-8-7-9-20(23)18(4)5/h6-12,15,17-18,24H,1,13-14,16H2,2-5H3,(H,31,36)(H,32,37)/t24-/m0/s1. The number of amides is 2. The molecule has 1 aromatic heterocycles. The summed E-state index contributed by atoms with van der Waals surface area (Å²) >= 11 is 13.5.